The summed E-state index contributed by atoms with van der Waals surface area (Å²) in [6, 6.07) is 1.66. The van der Waals surface area contributed by atoms with Gasteiger partial charge in [0.15, 0.2) is 0 Å². The molecular formula is C14H18N6O3S. The lowest BCUT2D eigenvalue weighted by atomic mass is 9.97. The van der Waals surface area contributed by atoms with Crippen LogP contribution in [0.5, 0.6) is 0 Å². The zero-order valence-corrected chi connectivity index (χ0v) is 14.0. The summed E-state index contributed by atoms with van der Waals surface area (Å²) < 4.78 is 26.1. The van der Waals surface area contributed by atoms with Crippen molar-refractivity contribution >= 4 is 21.7 Å². The molecular weight excluding hydrogens is 332 g/mol. The van der Waals surface area contributed by atoms with E-state index >= 15 is 0 Å². The van der Waals surface area contributed by atoms with Crippen LogP contribution in [0.1, 0.15) is 12.8 Å². The monoisotopic (exact) mass is 350 g/mol. The average Bonchev–Trinajstić information content (AvgIpc) is 3.09. The first-order chi connectivity index (χ1) is 11.4. The van der Waals surface area contributed by atoms with E-state index < -0.39 is 10.0 Å². The normalized spacial score (nSPS) is 16.9. The topological polar surface area (TPSA) is 110 Å². The van der Waals surface area contributed by atoms with Crippen molar-refractivity contribution in [3.63, 3.8) is 0 Å². The minimum absolute atomic E-state index is 0.154. The Morgan fingerprint density at radius 1 is 1.29 bits per heavy atom. The zero-order chi connectivity index (χ0) is 17.2. The number of nitrogens with one attached hydrogen (secondary N) is 1. The number of rotatable bonds is 4. The van der Waals surface area contributed by atoms with Crippen LogP contribution in [-0.4, -0.2) is 57.5 Å². The molecule has 3 rings (SSSR count). The van der Waals surface area contributed by atoms with Crippen molar-refractivity contribution in [1.82, 2.24) is 23.8 Å². The first kappa shape index (κ1) is 16.5. The van der Waals surface area contributed by atoms with Gasteiger partial charge in [-0.05, 0) is 12.8 Å². The Bertz CT molecular complexity index is 813. The lowest BCUT2D eigenvalue weighted by Crippen LogP contribution is -2.40. The highest BCUT2D eigenvalue weighted by molar-refractivity contribution is 7.88. The fourth-order valence-corrected chi connectivity index (χ4v) is 3.50. The number of imidazole rings is 1. The predicted octanol–water partition coefficient (Wildman–Crippen LogP) is 0.272. The molecule has 1 saturated heterocycles. The lowest BCUT2D eigenvalue weighted by Gasteiger charge is -2.29. The number of sulfonamides is 1. The van der Waals surface area contributed by atoms with Crippen molar-refractivity contribution in [2.75, 3.05) is 24.7 Å². The Morgan fingerprint density at radius 2 is 2.04 bits per heavy atom. The van der Waals surface area contributed by atoms with Gasteiger partial charge in [0.25, 0.3) is 0 Å². The largest absolute Gasteiger partial charge is 0.310 e. The van der Waals surface area contributed by atoms with Crippen LogP contribution in [-0.2, 0) is 14.8 Å². The quantitative estimate of drug-likeness (QED) is 0.848. The number of piperidine rings is 1. The molecule has 1 amide bonds. The molecule has 9 nitrogen and oxygen atoms in total. The number of hydrogen-bond donors (Lipinski definition) is 1. The van der Waals surface area contributed by atoms with E-state index in [1.165, 1.54) is 16.9 Å². The molecule has 1 aliphatic heterocycles. The summed E-state index contributed by atoms with van der Waals surface area (Å²) in [5.41, 5.74) is 0. The van der Waals surface area contributed by atoms with E-state index in [1.807, 2.05) is 0 Å². The summed E-state index contributed by atoms with van der Waals surface area (Å²) in [5, 5.41) is 2.78. The minimum Gasteiger partial charge on any atom is -0.310 e. The highest BCUT2D eigenvalue weighted by atomic mass is 32.2. The van der Waals surface area contributed by atoms with Gasteiger partial charge in [0, 0.05) is 37.5 Å². The first-order valence-corrected chi connectivity index (χ1v) is 9.34. The second-order valence-corrected chi connectivity index (χ2v) is 7.64. The fourth-order valence-electron chi connectivity index (χ4n) is 2.63. The van der Waals surface area contributed by atoms with Gasteiger partial charge in [0.2, 0.25) is 15.9 Å². The van der Waals surface area contributed by atoms with Crippen LogP contribution in [0, 0.1) is 5.92 Å². The smallest absolute Gasteiger partial charge is 0.228 e. The van der Waals surface area contributed by atoms with Gasteiger partial charge in [0.05, 0.1) is 6.26 Å². The predicted molar refractivity (Wildman–Crippen MR) is 86.9 cm³/mol. The summed E-state index contributed by atoms with van der Waals surface area (Å²) in [7, 11) is -3.19. The zero-order valence-electron chi connectivity index (χ0n) is 13.2. The van der Waals surface area contributed by atoms with E-state index in [1.54, 1.807) is 29.4 Å². The van der Waals surface area contributed by atoms with Crippen molar-refractivity contribution in [2.24, 2.45) is 5.92 Å². The van der Waals surface area contributed by atoms with Gasteiger partial charge in [-0.1, -0.05) is 0 Å². The van der Waals surface area contributed by atoms with Crippen LogP contribution in [0.2, 0.25) is 0 Å². The molecule has 0 aliphatic carbocycles. The molecule has 1 aliphatic rings. The molecule has 0 bridgehead atoms. The molecule has 24 heavy (non-hydrogen) atoms. The highest BCUT2D eigenvalue weighted by Gasteiger charge is 2.29. The van der Waals surface area contributed by atoms with Crippen LogP contribution in [0.3, 0.4) is 0 Å². The lowest BCUT2D eigenvalue weighted by molar-refractivity contribution is -0.120. The maximum atomic E-state index is 12.4. The average molecular weight is 350 g/mol. The van der Waals surface area contributed by atoms with Crippen molar-refractivity contribution < 1.29 is 13.2 Å². The minimum atomic E-state index is -3.19. The summed E-state index contributed by atoms with van der Waals surface area (Å²) in [5.74, 6) is 0.627. The Balaban J connectivity index is 1.63. The maximum absolute atomic E-state index is 12.4. The number of aromatic nitrogens is 4. The van der Waals surface area contributed by atoms with Gasteiger partial charge < -0.3 is 5.32 Å². The van der Waals surface area contributed by atoms with Gasteiger partial charge in [-0.3, -0.25) is 9.36 Å². The molecule has 0 spiro atoms. The molecule has 0 aromatic carbocycles. The van der Waals surface area contributed by atoms with Crippen LogP contribution in [0.25, 0.3) is 5.82 Å². The third kappa shape index (κ3) is 3.77. The van der Waals surface area contributed by atoms with E-state index in [0.29, 0.717) is 37.6 Å². The third-order valence-electron chi connectivity index (χ3n) is 3.97. The molecule has 128 valence electrons. The van der Waals surface area contributed by atoms with E-state index in [-0.39, 0.29) is 11.8 Å². The summed E-state index contributed by atoms with van der Waals surface area (Å²) in [6.45, 7) is 0.724. The number of carbonyl (C=O) groups is 1. The molecule has 0 unspecified atom stereocenters. The Labute approximate surface area is 139 Å². The van der Waals surface area contributed by atoms with Crippen LogP contribution < -0.4 is 5.32 Å². The molecule has 0 saturated carbocycles. The van der Waals surface area contributed by atoms with E-state index in [9.17, 15) is 13.2 Å². The molecule has 3 heterocycles. The van der Waals surface area contributed by atoms with Gasteiger partial charge >= 0.3 is 0 Å². The number of amides is 1. The number of anilines is 1. The number of nitrogens with zero attached hydrogens (tertiary/aromatic N) is 5. The second-order valence-electron chi connectivity index (χ2n) is 5.66. The molecule has 1 N–H and O–H groups in total. The SMILES string of the molecule is CS(=O)(=O)N1CCC(C(=O)Nc2cc(-n3ccnc3)ncn2)CC1. The Hall–Kier alpha value is -2.33. The van der Waals surface area contributed by atoms with Gasteiger partial charge in [-0.15, -0.1) is 0 Å². The van der Waals surface area contributed by atoms with Crippen LogP contribution in [0.4, 0.5) is 5.82 Å². The second kappa shape index (κ2) is 6.65. The summed E-state index contributed by atoms with van der Waals surface area (Å²) in [6.07, 6.45) is 8.54. The van der Waals surface area contributed by atoms with E-state index in [2.05, 4.69) is 20.3 Å². The molecule has 0 atom stereocenters. The van der Waals surface area contributed by atoms with Crippen LogP contribution in [0.15, 0.2) is 31.1 Å². The number of hydrogen-bond acceptors (Lipinski definition) is 6. The van der Waals surface area contributed by atoms with E-state index in [4.69, 9.17) is 0 Å². The highest BCUT2D eigenvalue weighted by Crippen LogP contribution is 2.21. The third-order valence-corrected chi connectivity index (χ3v) is 5.27. The fraction of sp³-hybridized carbons (Fsp3) is 0.429. The van der Waals surface area contributed by atoms with Crippen molar-refractivity contribution in [3.05, 3.63) is 31.1 Å². The Kier molecular flexibility index (Phi) is 4.58. The number of carbonyl (C=O) groups excluding carboxylic acids is 1. The Morgan fingerprint density at radius 3 is 2.67 bits per heavy atom. The van der Waals surface area contributed by atoms with Gasteiger partial charge in [0.1, 0.15) is 24.3 Å². The van der Waals surface area contributed by atoms with Gasteiger partial charge in [-0.2, -0.15) is 0 Å². The van der Waals surface area contributed by atoms with Crippen molar-refractivity contribution in [1.29, 1.82) is 0 Å². The summed E-state index contributed by atoms with van der Waals surface area (Å²) in [4.78, 5) is 24.5. The summed E-state index contributed by atoms with van der Waals surface area (Å²) >= 11 is 0. The molecule has 10 heteroatoms. The molecule has 2 aromatic rings. The van der Waals surface area contributed by atoms with Crippen LogP contribution >= 0.6 is 0 Å². The standard InChI is InChI=1S/C14H18N6O3S/c1-24(22,23)20-5-2-11(3-6-20)14(21)18-12-8-13(17-9-16-12)19-7-4-15-10-19/h4,7-11H,2-3,5-6H2,1H3,(H,16,17,18,21). The van der Waals surface area contributed by atoms with E-state index in [0.717, 1.165) is 0 Å². The van der Waals surface area contributed by atoms with Crippen molar-refractivity contribution in [3.8, 4) is 5.82 Å². The first-order valence-electron chi connectivity index (χ1n) is 7.50. The molecule has 0 radical (unpaired) electrons. The molecule has 2 aromatic heterocycles. The maximum Gasteiger partial charge on any atom is 0.228 e. The van der Waals surface area contributed by atoms with Crippen molar-refractivity contribution in [2.45, 2.75) is 12.8 Å². The van der Waals surface area contributed by atoms with Gasteiger partial charge in [-0.25, -0.2) is 27.7 Å². The molecule has 1 fully saturated rings.